The standard InChI is InChI=1S/C20H20N2O2S2/c1-4-25-16-7-5-6-15(11-16)19(23)22-20-21-17(12-26-20)14-8-9-18(24-3)13(2)10-14/h5-12H,4H2,1-3H3,(H,21,22,23). The van der Waals surface area contributed by atoms with Crippen molar-refractivity contribution in [3.05, 3.63) is 59.0 Å². The fourth-order valence-corrected chi connectivity index (χ4v) is 4.00. The van der Waals surface area contributed by atoms with Crippen LogP contribution in [0, 0.1) is 6.92 Å². The van der Waals surface area contributed by atoms with E-state index in [2.05, 4.69) is 17.2 Å². The first-order valence-electron chi connectivity index (χ1n) is 8.25. The maximum atomic E-state index is 12.5. The molecule has 0 aliphatic carbocycles. The van der Waals surface area contributed by atoms with Crippen LogP contribution in [0.5, 0.6) is 5.75 Å². The first-order valence-corrected chi connectivity index (χ1v) is 10.1. The largest absolute Gasteiger partial charge is 0.496 e. The van der Waals surface area contributed by atoms with Gasteiger partial charge in [-0.25, -0.2) is 4.98 Å². The highest BCUT2D eigenvalue weighted by molar-refractivity contribution is 7.99. The molecule has 0 aliphatic heterocycles. The molecular formula is C20H20N2O2S2. The molecule has 0 atom stereocenters. The van der Waals surface area contributed by atoms with Gasteiger partial charge in [0.05, 0.1) is 12.8 Å². The Hall–Kier alpha value is -2.31. The number of hydrogen-bond acceptors (Lipinski definition) is 5. The molecule has 0 bridgehead atoms. The Morgan fingerprint density at radius 3 is 2.85 bits per heavy atom. The van der Waals surface area contributed by atoms with Crippen LogP contribution in [0.2, 0.25) is 0 Å². The predicted octanol–water partition coefficient (Wildman–Crippen LogP) is 5.49. The molecule has 1 N–H and O–H groups in total. The molecule has 0 aliphatic rings. The molecule has 2 aromatic carbocycles. The van der Waals surface area contributed by atoms with Gasteiger partial charge in [-0.2, -0.15) is 0 Å². The number of thiazole rings is 1. The Morgan fingerprint density at radius 2 is 2.12 bits per heavy atom. The molecule has 26 heavy (non-hydrogen) atoms. The smallest absolute Gasteiger partial charge is 0.257 e. The summed E-state index contributed by atoms with van der Waals surface area (Å²) in [6, 6.07) is 13.6. The van der Waals surface area contributed by atoms with Gasteiger partial charge in [0.1, 0.15) is 5.75 Å². The highest BCUT2D eigenvalue weighted by Crippen LogP contribution is 2.29. The third kappa shape index (κ3) is 4.26. The van der Waals surface area contributed by atoms with Gasteiger partial charge >= 0.3 is 0 Å². The van der Waals surface area contributed by atoms with E-state index < -0.39 is 0 Å². The van der Waals surface area contributed by atoms with Gasteiger partial charge in [-0.15, -0.1) is 23.1 Å². The normalized spacial score (nSPS) is 10.6. The molecule has 0 unspecified atom stereocenters. The zero-order chi connectivity index (χ0) is 18.5. The lowest BCUT2D eigenvalue weighted by Gasteiger charge is -2.06. The number of thioether (sulfide) groups is 1. The van der Waals surface area contributed by atoms with Gasteiger partial charge in [-0.3, -0.25) is 10.1 Å². The summed E-state index contributed by atoms with van der Waals surface area (Å²) in [5.41, 5.74) is 3.53. The number of anilines is 1. The molecule has 0 radical (unpaired) electrons. The summed E-state index contributed by atoms with van der Waals surface area (Å²) in [4.78, 5) is 18.1. The van der Waals surface area contributed by atoms with Crippen molar-refractivity contribution in [2.24, 2.45) is 0 Å². The van der Waals surface area contributed by atoms with E-state index in [1.165, 1.54) is 11.3 Å². The number of nitrogens with zero attached hydrogens (tertiary/aromatic N) is 1. The molecule has 134 valence electrons. The van der Waals surface area contributed by atoms with E-state index in [-0.39, 0.29) is 5.91 Å². The second-order valence-electron chi connectivity index (χ2n) is 5.64. The summed E-state index contributed by atoms with van der Waals surface area (Å²) in [6.45, 7) is 4.09. The van der Waals surface area contributed by atoms with Crippen LogP contribution >= 0.6 is 23.1 Å². The first kappa shape index (κ1) is 18.5. The Kier molecular flexibility index (Phi) is 5.96. The molecule has 0 spiro atoms. The fourth-order valence-electron chi connectivity index (χ4n) is 2.56. The summed E-state index contributed by atoms with van der Waals surface area (Å²) in [5, 5.41) is 5.42. The molecule has 0 fully saturated rings. The summed E-state index contributed by atoms with van der Waals surface area (Å²) < 4.78 is 5.29. The van der Waals surface area contributed by atoms with Gasteiger partial charge in [0.25, 0.3) is 5.91 Å². The van der Waals surface area contributed by atoms with E-state index in [0.29, 0.717) is 10.7 Å². The zero-order valence-electron chi connectivity index (χ0n) is 14.9. The van der Waals surface area contributed by atoms with E-state index in [1.54, 1.807) is 18.9 Å². The van der Waals surface area contributed by atoms with E-state index in [4.69, 9.17) is 4.74 Å². The number of amides is 1. The van der Waals surface area contributed by atoms with E-state index in [1.807, 2.05) is 54.8 Å². The summed E-state index contributed by atoms with van der Waals surface area (Å²) in [6.07, 6.45) is 0. The Bertz CT molecular complexity index is 922. The van der Waals surface area contributed by atoms with Crippen LogP contribution < -0.4 is 10.1 Å². The van der Waals surface area contributed by atoms with Gasteiger partial charge < -0.3 is 4.74 Å². The minimum atomic E-state index is -0.143. The SMILES string of the molecule is CCSc1cccc(C(=O)Nc2nc(-c3ccc(OC)c(C)c3)cs2)c1. The third-order valence-corrected chi connectivity index (χ3v) is 5.46. The number of methoxy groups -OCH3 is 1. The average molecular weight is 385 g/mol. The second-order valence-corrected chi connectivity index (χ2v) is 7.83. The molecule has 1 heterocycles. The maximum absolute atomic E-state index is 12.5. The van der Waals surface area contributed by atoms with Crippen molar-refractivity contribution < 1.29 is 9.53 Å². The minimum absolute atomic E-state index is 0.143. The number of nitrogens with one attached hydrogen (secondary N) is 1. The van der Waals surface area contributed by atoms with Gasteiger partial charge in [-0.05, 0) is 54.6 Å². The number of benzene rings is 2. The van der Waals surface area contributed by atoms with Crippen molar-refractivity contribution in [1.82, 2.24) is 4.98 Å². The topological polar surface area (TPSA) is 51.2 Å². The number of aryl methyl sites for hydroxylation is 1. The minimum Gasteiger partial charge on any atom is -0.496 e. The van der Waals surface area contributed by atoms with Crippen molar-refractivity contribution in [2.45, 2.75) is 18.7 Å². The lowest BCUT2D eigenvalue weighted by molar-refractivity contribution is 0.102. The third-order valence-electron chi connectivity index (χ3n) is 3.82. The van der Waals surface area contributed by atoms with Crippen LogP contribution in [0.4, 0.5) is 5.13 Å². The molecule has 1 amide bonds. The van der Waals surface area contributed by atoms with Crippen LogP contribution in [0.15, 0.2) is 52.7 Å². The van der Waals surface area contributed by atoms with Crippen molar-refractivity contribution in [2.75, 3.05) is 18.2 Å². The van der Waals surface area contributed by atoms with E-state index in [0.717, 1.165) is 33.2 Å². The summed E-state index contributed by atoms with van der Waals surface area (Å²) in [5.74, 6) is 1.68. The maximum Gasteiger partial charge on any atom is 0.257 e. The average Bonchev–Trinajstić information content (AvgIpc) is 3.10. The Balaban J connectivity index is 1.75. The predicted molar refractivity (Wildman–Crippen MR) is 110 cm³/mol. The molecule has 3 aromatic rings. The van der Waals surface area contributed by atoms with Crippen molar-refractivity contribution >= 4 is 34.1 Å². The van der Waals surface area contributed by atoms with Crippen molar-refractivity contribution in [3.8, 4) is 17.0 Å². The quantitative estimate of drug-likeness (QED) is 0.571. The summed E-state index contributed by atoms with van der Waals surface area (Å²) >= 11 is 3.13. The van der Waals surface area contributed by atoms with Crippen LogP contribution in [0.25, 0.3) is 11.3 Å². The number of hydrogen-bond donors (Lipinski definition) is 1. The fraction of sp³-hybridized carbons (Fsp3) is 0.200. The molecule has 6 heteroatoms. The molecule has 4 nitrogen and oxygen atoms in total. The molecule has 0 saturated heterocycles. The number of carbonyl (C=O) groups is 1. The lowest BCUT2D eigenvalue weighted by atomic mass is 10.1. The first-order chi connectivity index (χ1) is 12.6. The number of rotatable bonds is 6. The number of ether oxygens (including phenoxy) is 1. The van der Waals surface area contributed by atoms with E-state index >= 15 is 0 Å². The second kappa shape index (κ2) is 8.38. The summed E-state index contributed by atoms with van der Waals surface area (Å²) in [7, 11) is 1.66. The number of carbonyl (C=O) groups excluding carboxylic acids is 1. The van der Waals surface area contributed by atoms with Crippen LogP contribution in [-0.2, 0) is 0 Å². The highest BCUT2D eigenvalue weighted by Gasteiger charge is 2.11. The highest BCUT2D eigenvalue weighted by atomic mass is 32.2. The number of aromatic nitrogens is 1. The van der Waals surface area contributed by atoms with E-state index in [9.17, 15) is 4.79 Å². The Morgan fingerprint density at radius 1 is 1.27 bits per heavy atom. The molecule has 0 saturated carbocycles. The monoisotopic (exact) mass is 384 g/mol. The van der Waals surface area contributed by atoms with Crippen LogP contribution in [0.3, 0.4) is 0 Å². The zero-order valence-corrected chi connectivity index (χ0v) is 16.5. The van der Waals surface area contributed by atoms with Crippen LogP contribution in [0.1, 0.15) is 22.8 Å². The van der Waals surface area contributed by atoms with Crippen LogP contribution in [-0.4, -0.2) is 23.8 Å². The molecular weight excluding hydrogens is 364 g/mol. The van der Waals surface area contributed by atoms with Crippen molar-refractivity contribution in [3.63, 3.8) is 0 Å². The van der Waals surface area contributed by atoms with Gasteiger partial charge in [-0.1, -0.05) is 13.0 Å². The molecule has 1 aromatic heterocycles. The lowest BCUT2D eigenvalue weighted by Crippen LogP contribution is -2.11. The van der Waals surface area contributed by atoms with Gasteiger partial charge in [0, 0.05) is 21.4 Å². The van der Waals surface area contributed by atoms with Crippen molar-refractivity contribution in [1.29, 1.82) is 0 Å². The van der Waals surface area contributed by atoms with Gasteiger partial charge in [0.2, 0.25) is 0 Å². The van der Waals surface area contributed by atoms with Gasteiger partial charge in [0.15, 0.2) is 5.13 Å². The molecule has 3 rings (SSSR count). The Labute approximate surface area is 161 Å².